The van der Waals surface area contributed by atoms with Gasteiger partial charge < -0.3 is 4.74 Å². The highest BCUT2D eigenvalue weighted by atomic mass is 32.1. The molecule has 0 bridgehead atoms. The molecule has 0 aliphatic carbocycles. The fraction of sp³-hybridized carbons (Fsp3) is 0.308. The first-order chi connectivity index (χ1) is 10.4. The molecule has 0 radical (unpaired) electrons. The number of hydrogen-bond acceptors (Lipinski definition) is 5. The van der Waals surface area contributed by atoms with Gasteiger partial charge in [-0.15, -0.1) is 10.2 Å². The number of carbonyl (C=O) groups is 1. The van der Waals surface area contributed by atoms with Gasteiger partial charge in [0.25, 0.3) is 5.91 Å². The molecule has 0 saturated heterocycles. The van der Waals surface area contributed by atoms with Gasteiger partial charge in [0.1, 0.15) is 6.61 Å². The summed E-state index contributed by atoms with van der Waals surface area (Å²) >= 11 is 0.270. The minimum atomic E-state index is -4.56. The molecule has 118 valence electrons. The van der Waals surface area contributed by atoms with Crippen molar-refractivity contribution < 1.29 is 22.7 Å². The number of carbonyl (C=O) groups excluding carboxylic acids is 1. The van der Waals surface area contributed by atoms with E-state index in [0.29, 0.717) is 13.0 Å². The molecule has 5 nitrogen and oxygen atoms in total. The molecule has 1 aromatic heterocycles. The number of halogens is 3. The molecule has 0 aliphatic heterocycles. The normalized spacial score (nSPS) is 11.4. The predicted molar refractivity (Wildman–Crippen MR) is 74.5 cm³/mol. The first-order valence-electron chi connectivity index (χ1n) is 6.27. The maximum absolute atomic E-state index is 12.3. The lowest BCUT2D eigenvalue weighted by molar-refractivity contribution is -0.138. The summed E-state index contributed by atoms with van der Waals surface area (Å²) < 4.78 is 42.1. The molecule has 0 saturated carbocycles. The standard InChI is InChI=1S/C13H12F3N3O2S/c14-13(15,16)11-18-19-12(22-11)17-10(20)8-21-7-6-9-4-2-1-3-5-9/h1-5H,6-8H2,(H,17,19,20). The third-order valence-electron chi connectivity index (χ3n) is 2.52. The number of ether oxygens (including phenoxy) is 1. The Labute approximate surface area is 128 Å². The van der Waals surface area contributed by atoms with Crippen molar-refractivity contribution in [3.8, 4) is 0 Å². The van der Waals surface area contributed by atoms with E-state index in [4.69, 9.17) is 4.74 Å². The Kier molecular flexibility index (Phi) is 5.45. The number of rotatable bonds is 6. The number of benzene rings is 1. The summed E-state index contributed by atoms with van der Waals surface area (Å²) in [5.41, 5.74) is 1.07. The van der Waals surface area contributed by atoms with Crippen LogP contribution in [0, 0.1) is 0 Å². The number of nitrogens with one attached hydrogen (secondary N) is 1. The SMILES string of the molecule is O=C(COCCc1ccccc1)Nc1nnc(C(F)(F)F)s1. The van der Waals surface area contributed by atoms with Crippen LogP contribution in [0.1, 0.15) is 10.6 Å². The van der Waals surface area contributed by atoms with E-state index >= 15 is 0 Å². The summed E-state index contributed by atoms with van der Waals surface area (Å²) in [5.74, 6) is -0.571. The van der Waals surface area contributed by atoms with Crippen molar-refractivity contribution in [2.24, 2.45) is 0 Å². The lowest BCUT2D eigenvalue weighted by Gasteiger charge is -2.04. The lowest BCUT2D eigenvalue weighted by atomic mass is 10.2. The van der Waals surface area contributed by atoms with E-state index in [9.17, 15) is 18.0 Å². The monoisotopic (exact) mass is 331 g/mol. The van der Waals surface area contributed by atoms with Crippen LogP contribution in [-0.4, -0.2) is 29.3 Å². The van der Waals surface area contributed by atoms with Crippen molar-refractivity contribution in [3.63, 3.8) is 0 Å². The summed E-state index contributed by atoms with van der Waals surface area (Å²) in [7, 11) is 0. The molecular formula is C13H12F3N3O2S. The van der Waals surface area contributed by atoms with Gasteiger partial charge >= 0.3 is 6.18 Å². The van der Waals surface area contributed by atoms with Gasteiger partial charge in [-0.05, 0) is 12.0 Å². The Hall–Kier alpha value is -2.00. The van der Waals surface area contributed by atoms with Gasteiger partial charge in [-0.1, -0.05) is 41.7 Å². The average Bonchev–Trinajstić information content (AvgIpc) is 2.93. The molecule has 0 atom stereocenters. The molecule has 1 aromatic carbocycles. The Bertz CT molecular complexity index is 616. The summed E-state index contributed by atoms with van der Waals surface area (Å²) in [6.45, 7) is 0.0785. The topological polar surface area (TPSA) is 64.1 Å². The maximum atomic E-state index is 12.3. The molecule has 22 heavy (non-hydrogen) atoms. The summed E-state index contributed by atoms with van der Waals surface area (Å²) in [5, 5.41) is 7.13. The van der Waals surface area contributed by atoms with Crippen molar-refractivity contribution in [3.05, 3.63) is 40.9 Å². The summed E-state index contributed by atoms with van der Waals surface area (Å²) in [6.07, 6.45) is -3.92. The second-order valence-electron chi connectivity index (χ2n) is 4.25. The van der Waals surface area contributed by atoms with E-state index in [1.807, 2.05) is 30.3 Å². The largest absolute Gasteiger partial charge is 0.445 e. The van der Waals surface area contributed by atoms with E-state index in [1.165, 1.54) is 0 Å². The van der Waals surface area contributed by atoms with E-state index in [-0.39, 0.29) is 23.1 Å². The molecule has 2 rings (SSSR count). The number of amides is 1. The van der Waals surface area contributed by atoms with Crippen LogP contribution in [0.3, 0.4) is 0 Å². The van der Waals surface area contributed by atoms with E-state index in [1.54, 1.807) is 0 Å². The molecule has 0 aliphatic rings. The van der Waals surface area contributed by atoms with E-state index in [0.717, 1.165) is 5.56 Å². The van der Waals surface area contributed by atoms with Crippen molar-refractivity contribution in [2.45, 2.75) is 12.6 Å². The highest BCUT2D eigenvalue weighted by Gasteiger charge is 2.35. The number of aromatic nitrogens is 2. The number of alkyl halides is 3. The van der Waals surface area contributed by atoms with Crippen LogP contribution in [-0.2, 0) is 22.1 Å². The zero-order chi connectivity index (χ0) is 16.0. The van der Waals surface area contributed by atoms with Crippen molar-refractivity contribution in [2.75, 3.05) is 18.5 Å². The molecule has 0 fully saturated rings. The molecule has 9 heteroatoms. The highest BCUT2D eigenvalue weighted by molar-refractivity contribution is 7.15. The van der Waals surface area contributed by atoms with Crippen LogP contribution in [0.5, 0.6) is 0 Å². The van der Waals surface area contributed by atoms with Gasteiger partial charge in [-0.3, -0.25) is 10.1 Å². The minimum Gasteiger partial charge on any atom is -0.371 e. The van der Waals surface area contributed by atoms with Crippen LogP contribution in [0.2, 0.25) is 0 Å². The maximum Gasteiger partial charge on any atom is 0.445 e. The van der Waals surface area contributed by atoms with Crippen LogP contribution in [0.25, 0.3) is 0 Å². The van der Waals surface area contributed by atoms with Crippen LogP contribution in [0.4, 0.5) is 18.3 Å². The Morgan fingerprint density at radius 1 is 1.23 bits per heavy atom. The van der Waals surface area contributed by atoms with Crippen LogP contribution in [0.15, 0.2) is 30.3 Å². The zero-order valence-electron chi connectivity index (χ0n) is 11.3. The second kappa shape index (κ2) is 7.32. The number of anilines is 1. The fourth-order valence-corrected chi connectivity index (χ4v) is 2.17. The lowest BCUT2D eigenvalue weighted by Crippen LogP contribution is -2.19. The molecule has 1 heterocycles. The summed E-state index contributed by atoms with van der Waals surface area (Å²) in [4.78, 5) is 11.5. The molecular weight excluding hydrogens is 319 g/mol. The van der Waals surface area contributed by atoms with Gasteiger partial charge in [0.2, 0.25) is 10.1 Å². The zero-order valence-corrected chi connectivity index (χ0v) is 12.1. The van der Waals surface area contributed by atoms with Gasteiger partial charge in [-0.2, -0.15) is 13.2 Å². The van der Waals surface area contributed by atoms with Gasteiger partial charge in [0.05, 0.1) is 6.61 Å². The smallest absolute Gasteiger partial charge is 0.371 e. The molecule has 0 spiro atoms. The first kappa shape index (κ1) is 16.4. The Morgan fingerprint density at radius 3 is 2.59 bits per heavy atom. The fourth-order valence-electron chi connectivity index (χ4n) is 1.54. The Balaban J connectivity index is 1.71. The van der Waals surface area contributed by atoms with Gasteiger partial charge in [-0.25, -0.2) is 0 Å². The first-order valence-corrected chi connectivity index (χ1v) is 7.09. The number of nitrogens with zero attached hydrogens (tertiary/aromatic N) is 2. The third kappa shape index (κ3) is 5.08. The van der Waals surface area contributed by atoms with E-state index in [2.05, 4.69) is 15.5 Å². The molecule has 1 N–H and O–H groups in total. The third-order valence-corrected chi connectivity index (χ3v) is 3.41. The summed E-state index contributed by atoms with van der Waals surface area (Å²) in [6, 6.07) is 9.56. The quantitative estimate of drug-likeness (QED) is 0.827. The van der Waals surface area contributed by atoms with E-state index < -0.39 is 17.1 Å². The molecule has 2 aromatic rings. The Morgan fingerprint density at radius 2 is 1.95 bits per heavy atom. The number of hydrogen-bond donors (Lipinski definition) is 1. The molecule has 1 amide bonds. The van der Waals surface area contributed by atoms with Crippen molar-refractivity contribution >= 4 is 22.4 Å². The van der Waals surface area contributed by atoms with Gasteiger partial charge in [0, 0.05) is 0 Å². The van der Waals surface area contributed by atoms with Crippen molar-refractivity contribution in [1.29, 1.82) is 0 Å². The average molecular weight is 331 g/mol. The molecule has 0 unspecified atom stereocenters. The second-order valence-corrected chi connectivity index (χ2v) is 5.22. The van der Waals surface area contributed by atoms with Crippen LogP contribution < -0.4 is 5.32 Å². The van der Waals surface area contributed by atoms with Crippen LogP contribution >= 0.6 is 11.3 Å². The van der Waals surface area contributed by atoms with Crippen molar-refractivity contribution in [1.82, 2.24) is 10.2 Å². The highest BCUT2D eigenvalue weighted by Crippen LogP contribution is 2.32. The predicted octanol–water partition coefficient (Wildman–Crippen LogP) is 2.75. The minimum absolute atomic E-state index is 0.205. The van der Waals surface area contributed by atoms with Gasteiger partial charge in [0.15, 0.2) is 0 Å².